The van der Waals surface area contributed by atoms with Crippen LogP contribution in [0.25, 0.3) is 0 Å². The highest BCUT2D eigenvalue weighted by molar-refractivity contribution is 8.00. The van der Waals surface area contributed by atoms with Crippen molar-refractivity contribution in [2.24, 2.45) is 5.18 Å². The highest BCUT2D eigenvalue weighted by atomic mass is 32.2. The molecule has 14 nitrogen and oxygen atoms in total. The molecule has 0 radical (unpaired) electrons. The van der Waals surface area contributed by atoms with Crippen molar-refractivity contribution in [3.8, 4) is 0 Å². The fourth-order valence-electron chi connectivity index (χ4n) is 5.07. The largest absolute Gasteiger partial charge is 0.477 e. The van der Waals surface area contributed by atoms with Gasteiger partial charge in [-0.3, -0.25) is 24.2 Å². The molecule has 0 aromatic carbocycles. The molecular formula is C23H28N8O6S2. The van der Waals surface area contributed by atoms with Crippen molar-refractivity contribution < 1.29 is 24.3 Å². The first-order valence-electron chi connectivity index (χ1n) is 12.5. The van der Waals surface area contributed by atoms with Gasteiger partial charge in [-0.2, -0.15) is 0 Å². The quantitative estimate of drug-likeness (QED) is 0.166. The standard InChI is InChI=1S/C23H28N8O6S2/c24-23-26-14(11-39-23)15(28-37)18(32)27-16-20(34)31-17(22(35)36)13(10-38-21(16)31)9-12-1-4-30(19(12)33)8-7-29-5-2-25-3-6-29/h9,11,15-16,21,25H,1-8,10H2,(H2,24,26)(H,27,32)(H,35,36). The number of thioether (sulfide) groups is 1. The van der Waals surface area contributed by atoms with Crippen LogP contribution in [-0.2, 0) is 19.2 Å². The van der Waals surface area contributed by atoms with E-state index in [0.29, 0.717) is 30.7 Å². The van der Waals surface area contributed by atoms with Crippen molar-refractivity contribution in [1.82, 2.24) is 30.3 Å². The summed E-state index contributed by atoms with van der Waals surface area (Å²) in [5.41, 5.74) is 6.34. The molecule has 3 saturated heterocycles. The molecule has 0 spiro atoms. The van der Waals surface area contributed by atoms with Crippen LogP contribution in [0.1, 0.15) is 18.2 Å². The summed E-state index contributed by atoms with van der Waals surface area (Å²) < 4.78 is 0. The number of nitrogens with one attached hydrogen (secondary N) is 2. The Morgan fingerprint density at radius 2 is 2.05 bits per heavy atom. The summed E-state index contributed by atoms with van der Waals surface area (Å²) in [6.07, 6.45) is 2.09. The number of amides is 3. The topological polar surface area (TPSA) is 191 Å². The molecule has 4 aliphatic heterocycles. The van der Waals surface area contributed by atoms with Crippen molar-refractivity contribution in [2.45, 2.75) is 23.9 Å². The average Bonchev–Trinajstić information content (AvgIpc) is 3.51. The van der Waals surface area contributed by atoms with Crippen molar-refractivity contribution in [2.75, 3.05) is 57.3 Å². The third kappa shape index (κ3) is 5.41. The van der Waals surface area contributed by atoms with Gasteiger partial charge in [0.25, 0.3) is 11.8 Å². The summed E-state index contributed by atoms with van der Waals surface area (Å²) in [6.45, 7) is 5.69. The number of fused-ring (bicyclic) bond motifs is 1. The number of carbonyl (C=O) groups is 4. The van der Waals surface area contributed by atoms with Gasteiger partial charge < -0.3 is 26.4 Å². The maximum absolute atomic E-state index is 13.0. The molecule has 3 atom stereocenters. The fraction of sp³-hybridized carbons (Fsp3) is 0.522. The van der Waals surface area contributed by atoms with Gasteiger partial charge in [0, 0.05) is 62.5 Å². The number of rotatable bonds is 9. The number of nitrogens with zero attached hydrogens (tertiary/aromatic N) is 5. The van der Waals surface area contributed by atoms with Gasteiger partial charge in [-0.05, 0) is 23.2 Å². The van der Waals surface area contributed by atoms with Crippen LogP contribution < -0.4 is 16.4 Å². The first-order valence-corrected chi connectivity index (χ1v) is 14.4. The molecule has 5 heterocycles. The van der Waals surface area contributed by atoms with Crippen LogP contribution in [0.15, 0.2) is 33.5 Å². The molecule has 1 aromatic heterocycles. The summed E-state index contributed by atoms with van der Waals surface area (Å²) >= 11 is 2.32. The number of nitrogen functional groups attached to an aromatic ring is 1. The van der Waals surface area contributed by atoms with Gasteiger partial charge in [0.2, 0.25) is 11.9 Å². The SMILES string of the molecule is Nc1nc(C(N=O)C(=O)NC2C(=O)N3C(C(=O)O)=C(C=C4CCN(CCN5CCNCC5)C4=O)CSC23)cs1. The molecule has 3 fully saturated rings. The molecule has 4 aliphatic rings. The Bertz CT molecular complexity index is 1260. The van der Waals surface area contributed by atoms with Crippen molar-refractivity contribution in [1.29, 1.82) is 0 Å². The first kappa shape index (κ1) is 27.2. The number of carbonyl (C=O) groups excluding carboxylic acids is 3. The Hall–Kier alpha value is -3.34. The second-order valence-electron chi connectivity index (χ2n) is 9.50. The minimum atomic E-state index is -1.48. The van der Waals surface area contributed by atoms with Crippen LogP contribution in [-0.4, -0.2) is 111 Å². The lowest BCUT2D eigenvalue weighted by Gasteiger charge is -2.49. The van der Waals surface area contributed by atoms with E-state index in [4.69, 9.17) is 5.73 Å². The van der Waals surface area contributed by atoms with Crippen LogP contribution >= 0.6 is 23.1 Å². The Morgan fingerprint density at radius 1 is 1.28 bits per heavy atom. The second kappa shape index (κ2) is 11.4. The molecule has 3 unspecified atom stereocenters. The Labute approximate surface area is 231 Å². The fourth-order valence-corrected chi connectivity index (χ4v) is 6.96. The van der Waals surface area contributed by atoms with Gasteiger partial charge in [0.05, 0.1) is 5.69 Å². The molecule has 0 saturated carbocycles. The van der Waals surface area contributed by atoms with E-state index in [1.165, 1.54) is 17.1 Å². The number of piperazine rings is 1. The Morgan fingerprint density at radius 3 is 2.72 bits per heavy atom. The first-order chi connectivity index (χ1) is 18.8. The van der Waals surface area contributed by atoms with Crippen molar-refractivity contribution in [3.63, 3.8) is 0 Å². The zero-order valence-electron chi connectivity index (χ0n) is 20.9. The second-order valence-corrected chi connectivity index (χ2v) is 11.5. The lowest BCUT2D eigenvalue weighted by Crippen LogP contribution is -2.70. The number of aliphatic carboxylic acids is 1. The zero-order chi connectivity index (χ0) is 27.7. The van der Waals surface area contributed by atoms with E-state index in [1.807, 2.05) is 0 Å². The number of nitrogens with two attached hydrogens (primary N) is 1. The normalized spacial score (nSPS) is 25.5. The summed E-state index contributed by atoms with van der Waals surface area (Å²) in [5, 5.41) is 19.5. The maximum atomic E-state index is 13.0. The van der Waals surface area contributed by atoms with E-state index >= 15 is 0 Å². The van der Waals surface area contributed by atoms with Crippen molar-refractivity contribution in [3.05, 3.63) is 38.9 Å². The van der Waals surface area contributed by atoms with Gasteiger partial charge in [-0.25, -0.2) is 9.78 Å². The van der Waals surface area contributed by atoms with Crippen LogP contribution in [0.5, 0.6) is 0 Å². The minimum Gasteiger partial charge on any atom is -0.477 e. The number of anilines is 1. The minimum absolute atomic E-state index is 0.0770. The van der Waals surface area contributed by atoms with Crippen LogP contribution in [0.3, 0.4) is 0 Å². The molecule has 39 heavy (non-hydrogen) atoms. The molecule has 16 heteroatoms. The Balaban J connectivity index is 1.26. The third-order valence-electron chi connectivity index (χ3n) is 7.13. The van der Waals surface area contributed by atoms with E-state index in [2.05, 4.69) is 25.7 Å². The van der Waals surface area contributed by atoms with E-state index in [9.17, 15) is 29.2 Å². The van der Waals surface area contributed by atoms with Crippen LogP contribution in [0.2, 0.25) is 0 Å². The van der Waals surface area contributed by atoms with Gasteiger partial charge in [0.15, 0.2) is 5.13 Å². The van der Waals surface area contributed by atoms with E-state index in [-0.39, 0.29) is 28.2 Å². The van der Waals surface area contributed by atoms with Gasteiger partial charge in [-0.1, -0.05) is 0 Å². The number of thiazole rings is 1. The molecule has 5 rings (SSSR count). The smallest absolute Gasteiger partial charge is 0.352 e. The number of hydrogen-bond acceptors (Lipinski definition) is 12. The molecular weight excluding hydrogens is 548 g/mol. The summed E-state index contributed by atoms with van der Waals surface area (Å²) in [7, 11) is 0. The molecule has 1 aromatic rings. The number of carboxylic acids is 1. The molecule has 208 valence electrons. The van der Waals surface area contributed by atoms with Gasteiger partial charge in [-0.15, -0.1) is 28.0 Å². The summed E-state index contributed by atoms with van der Waals surface area (Å²) in [5.74, 6) is -2.62. The highest BCUT2D eigenvalue weighted by Gasteiger charge is 2.54. The highest BCUT2D eigenvalue weighted by Crippen LogP contribution is 2.41. The maximum Gasteiger partial charge on any atom is 0.352 e. The predicted octanol–water partition coefficient (Wildman–Crippen LogP) is -0.665. The van der Waals surface area contributed by atoms with Crippen molar-refractivity contribution >= 4 is 51.9 Å². The average molecular weight is 577 g/mol. The monoisotopic (exact) mass is 576 g/mol. The number of likely N-dealkylation sites (tertiary alicyclic amines) is 1. The van der Waals surface area contributed by atoms with Crippen LogP contribution in [0.4, 0.5) is 5.13 Å². The molecule has 0 bridgehead atoms. The molecule has 0 aliphatic carbocycles. The summed E-state index contributed by atoms with van der Waals surface area (Å²) in [6, 6.07) is -2.51. The predicted molar refractivity (Wildman–Crippen MR) is 143 cm³/mol. The number of hydrogen-bond donors (Lipinski definition) is 4. The number of β-lactam (4-membered cyclic amide) rings is 1. The third-order valence-corrected chi connectivity index (χ3v) is 9.12. The van der Waals surface area contributed by atoms with Crippen LogP contribution in [0, 0.1) is 4.91 Å². The van der Waals surface area contributed by atoms with Gasteiger partial charge in [0.1, 0.15) is 17.1 Å². The molecule has 3 amide bonds. The lowest BCUT2D eigenvalue weighted by molar-refractivity contribution is -0.150. The molecule has 5 N–H and O–H groups in total. The number of carboxylic acid groups (broad SMARTS) is 1. The Kier molecular flexibility index (Phi) is 7.97. The summed E-state index contributed by atoms with van der Waals surface area (Å²) in [4.78, 5) is 71.3. The zero-order valence-corrected chi connectivity index (χ0v) is 22.5. The number of nitroso groups, excluding NO2 is 1. The number of allylic oxidation sites excluding steroid dienone is 1. The van der Waals surface area contributed by atoms with Gasteiger partial charge >= 0.3 is 5.97 Å². The van der Waals surface area contributed by atoms with E-state index in [1.54, 1.807) is 11.0 Å². The lowest BCUT2D eigenvalue weighted by atomic mass is 10.0. The van der Waals surface area contributed by atoms with E-state index in [0.717, 1.165) is 49.0 Å². The van der Waals surface area contributed by atoms with E-state index < -0.39 is 35.2 Å². The number of aromatic nitrogens is 1.